The van der Waals surface area contributed by atoms with Crippen LogP contribution in [-0.4, -0.2) is 39.0 Å². The number of ether oxygens (including phenoxy) is 1. The number of hydrogen-bond acceptors (Lipinski definition) is 4. The van der Waals surface area contributed by atoms with Crippen molar-refractivity contribution in [1.82, 2.24) is 14.9 Å². The van der Waals surface area contributed by atoms with Gasteiger partial charge in [-0.25, -0.2) is 14.4 Å². The molecular formula is C18H14BrF4N3O2. The molecule has 0 radical (unpaired) electrons. The molecule has 1 amide bonds. The largest absolute Gasteiger partial charge is 0.458 e. The van der Waals surface area contributed by atoms with Gasteiger partial charge >= 0.3 is 12.2 Å². The van der Waals surface area contributed by atoms with Crippen molar-refractivity contribution < 1.29 is 27.1 Å². The van der Waals surface area contributed by atoms with Gasteiger partial charge in [-0.3, -0.25) is 4.79 Å². The summed E-state index contributed by atoms with van der Waals surface area (Å²) in [7, 11) is 0. The predicted molar refractivity (Wildman–Crippen MR) is 93.1 cm³/mol. The predicted octanol–water partition coefficient (Wildman–Crippen LogP) is 4.22. The number of amides is 1. The summed E-state index contributed by atoms with van der Waals surface area (Å²) >= 11 is 3.11. The number of alkyl halides is 3. The van der Waals surface area contributed by atoms with E-state index in [1.807, 2.05) is 0 Å². The van der Waals surface area contributed by atoms with Gasteiger partial charge in [-0.2, -0.15) is 13.2 Å². The number of fused-ring (bicyclic) bond motifs is 2. The summed E-state index contributed by atoms with van der Waals surface area (Å²) in [6.07, 6.45) is -1.61. The van der Waals surface area contributed by atoms with Gasteiger partial charge in [0, 0.05) is 24.9 Å². The van der Waals surface area contributed by atoms with E-state index in [9.17, 15) is 22.4 Å². The molecule has 148 valence electrons. The maximum Gasteiger partial charge on any atom is 0.419 e. The van der Waals surface area contributed by atoms with Crippen molar-refractivity contribution in [3.05, 3.63) is 52.0 Å². The van der Waals surface area contributed by atoms with Gasteiger partial charge in [-0.05, 0) is 40.9 Å². The molecule has 28 heavy (non-hydrogen) atoms. The van der Waals surface area contributed by atoms with Crippen LogP contribution in [0.15, 0.2) is 35.1 Å². The smallest absolute Gasteiger partial charge is 0.419 e. The lowest BCUT2D eigenvalue weighted by Gasteiger charge is -2.24. The Balaban J connectivity index is 1.51. The molecule has 2 aromatic rings. The number of carbonyl (C=O) groups excluding carboxylic acids is 1. The third kappa shape index (κ3) is 3.34. The third-order valence-electron chi connectivity index (χ3n) is 5.11. The number of carbonyl (C=O) groups is 1. The van der Waals surface area contributed by atoms with Crippen LogP contribution in [0.1, 0.15) is 35.2 Å². The van der Waals surface area contributed by atoms with Gasteiger partial charge in [0.1, 0.15) is 11.9 Å². The minimum atomic E-state index is -4.52. The molecule has 0 spiro atoms. The Labute approximate surface area is 165 Å². The molecule has 2 aliphatic rings. The molecule has 5 nitrogen and oxygen atoms in total. The molecule has 10 heteroatoms. The Morgan fingerprint density at radius 1 is 1.21 bits per heavy atom. The fourth-order valence-electron chi connectivity index (χ4n) is 3.84. The van der Waals surface area contributed by atoms with Gasteiger partial charge in [0.05, 0.1) is 21.6 Å². The lowest BCUT2D eigenvalue weighted by Crippen LogP contribution is -2.39. The molecule has 2 bridgehead atoms. The van der Waals surface area contributed by atoms with Gasteiger partial charge in [0.25, 0.3) is 5.91 Å². The number of nitrogens with zero attached hydrogens (tertiary/aromatic N) is 3. The third-order valence-corrected chi connectivity index (χ3v) is 5.91. The van der Waals surface area contributed by atoms with E-state index >= 15 is 0 Å². The maximum atomic E-state index is 13.8. The SMILES string of the molecule is O=C(c1cccc(F)c1Br)N1C2CCC1C(Oc1ncc(C(F)(F)F)cn1)C2. The van der Waals surface area contributed by atoms with Crippen LogP contribution in [0.25, 0.3) is 0 Å². The molecule has 2 fully saturated rings. The number of aromatic nitrogens is 2. The summed E-state index contributed by atoms with van der Waals surface area (Å²) in [5.74, 6) is -0.832. The summed E-state index contributed by atoms with van der Waals surface area (Å²) in [4.78, 5) is 21.9. The van der Waals surface area contributed by atoms with Gasteiger partial charge in [-0.15, -0.1) is 0 Å². The number of halogens is 5. The minimum Gasteiger partial charge on any atom is -0.458 e. The van der Waals surface area contributed by atoms with Crippen molar-refractivity contribution in [3.63, 3.8) is 0 Å². The highest BCUT2D eigenvalue weighted by Gasteiger charge is 2.50. The molecular weight excluding hydrogens is 446 g/mol. The molecule has 2 saturated heterocycles. The monoisotopic (exact) mass is 459 g/mol. The molecule has 3 atom stereocenters. The Kier molecular flexibility index (Phi) is 4.76. The Bertz CT molecular complexity index is 907. The van der Waals surface area contributed by atoms with Crippen LogP contribution in [0, 0.1) is 5.82 Å². The first-order chi connectivity index (χ1) is 13.3. The van der Waals surface area contributed by atoms with E-state index in [-0.39, 0.29) is 34.0 Å². The van der Waals surface area contributed by atoms with Crippen LogP contribution < -0.4 is 4.74 Å². The van der Waals surface area contributed by atoms with Crippen molar-refractivity contribution in [2.75, 3.05) is 0 Å². The highest BCUT2D eigenvalue weighted by atomic mass is 79.9. The highest BCUT2D eigenvalue weighted by Crippen LogP contribution is 2.41. The van der Waals surface area contributed by atoms with Gasteiger partial charge in [0.2, 0.25) is 0 Å². The van der Waals surface area contributed by atoms with Crippen LogP contribution in [0.2, 0.25) is 0 Å². The summed E-state index contributed by atoms with van der Waals surface area (Å²) in [6.45, 7) is 0. The van der Waals surface area contributed by atoms with E-state index in [0.29, 0.717) is 25.2 Å². The summed E-state index contributed by atoms with van der Waals surface area (Å²) in [6, 6.07) is 3.76. The van der Waals surface area contributed by atoms with Crippen molar-refractivity contribution in [2.45, 2.75) is 43.6 Å². The van der Waals surface area contributed by atoms with Crippen LogP contribution in [0.3, 0.4) is 0 Å². The molecule has 3 unspecified atom stereocenters. The average molecular weight is 460 g/mol. The summed E-state index contributed by atoms with van der Waals surface area (Å²) in [5.41, 5.74) is -0.733. The normalized spacial score (nSPS) is 23.9. The topological polar surface area (TPSA) is 55.3 Å². The zero-order valence-corrected chi connectivity index (χ0v) is 15.9. The first-order valence-corrected chi connectivity index (χ1v) is 9.37. The van der Waals surface area contributed by atoms with Gasteiger partial charge in [0.15, 0.2) is 0 Å². The van der Waals surface area contributed by atoms with E-state index in [2.05, 4.69) is 25.9 Å². The Morgan fingerprint density at radius 2 is 1.93 bits per heavy atom. The first-order valence-electron chi connectivity index (χ1n) is 8.58. The second kappa shape index (κ2) is 6.98. The Morgan fingerprint density at radius 3 is 2.61 bits per heavy atom. The first kappa shape index (κ1) is 19.1. The maximum absolute atomic E-state index is 13.8. The van der Waals surface area contributed by atoms with Crippen LogP contribution in [-0.2, 0) is 6.18 Å². The lowest BCUT2D eigenvalue weighted by molar-refractivity contribution is -0.138. The number of benzene rings is 1. The van der Waals surface area contributed by atoms with E-state index < -0.39 is 23.7 Å². The van der Waals surface area contributed by atoms with E-state index in [4.69, 9.17) is 4.74 Å². The zero-order valence-electron chi connectivity index (χ0n) is 14.3. The van der Waals surface area contributed by atoms with Crippen LogP contribution in [0.5, 0.6) is 6.01 Å². The van der Waals surface area contributed by atoms with Gasteiger partial charge < -0.3 is 9.64 Å². The number of rotatable bonds is 3. The summed E-state index contributed by atoms with van der Waals surface area (Å²) < 4.78 is 57.4. The minimum absolute atomic E-state index is 0.0767. The second-order valence-corrected chi connectivity index (χ2v) is 7.55. The van der Waals surface area contributed by atoms with E-state index in [1.54, 1.807) is 11.0 Å². The van der Waals surface area contributed by atoms with Crippen molar-refractivity contribution in [3.8, 4) is 6.01 Å². The number of hydrogen-bond donors (Lipinski definition) is 0. The standard InChI is InChI=1S/C18H14BrF4N3O2/c19-15-11(2-1-3-12(15)20)16(27)26-10-4-5-13(26)14(6-10)28-17-24-7-9(8-25-17)18(21,22)23/h1-3,7-8,10,13-14H,4-6H2. The van der Waals surface area contributed by atoms with Crippen LogP contribution in [0.4, 0.5) is 17.6 Å². The molecule has 0 N–H and O–H groups in total. The van der Waals surface area contributed by atoms with Crippen LogP contribution >= 0.6 is 15.9 Å². The Hall–Kier alpha value is -2.23. The molecule has 1 aromatic heterocycles. The summed E-state index contributed by atoms with van der Waals surface area (Å²) in [5, 5.41) is 0. The fraction of sp³-hybridized carbons (Fsp3) is 0.389. The molecule has 0 aliphatic carbocycles. The highest BCUT2D eigenvalue weighted by molar-refractivity contribution is 9.10. The molecule has 2 aliphatic heterocycles. The quantitative estimate of drug-likeness (QED) is 0.644. The van der Waals surface area contributed by atoms with Crippen molar-refractivity contribution in [1.29, 1.82) is 0 Å². The molecule has 1 aromatic carbocycles. The van der Waals surface area contributed by atoms with Gasteiger partial charge in [-0.1, -0.05) is 6.07 Å². The van der Waals surface area contributed by atoms with E-state index in [0.717, 1.165) is 6.42 Å². The fourth-order valence-corrected chi connectivity index (χ4v) is 4.28. The molecule has 0 saturated carbocycles. The van der Waals surface area contributed by atoms with E-state index in [1.165, 1.54) is 12.1 Å². The molecule has 4 rings (SSSR count). The lowest BCUT2D eigenvalue weighted by atomic mass is 9.98. The zero-order chi connectivity index (χ0) is 20.1. The average Bonchev–Trinajstić information content (AvgIpc) is 3.21. The van der Waals surface area contributed by atoms with Crippen molar-refractivity contribution >= 4 is 21.8 Å². The second-order valence-electron chi connectivity index (χ2n) is 6.76. The van der Waals surface area contributed by atoms with Crippen molar-refractivity contribution in [2.24, 2.45) is 0 Å². The molecule has 3 heterocycles.